The predicted molar refractivity (Wildman–Crippen MR) is 112 cm³/mol. The number of para-hydroxylation sites is 1. The molecular formula is C19H17ClFN3O3S2. The lowest BCUT2D eigenvalue weighted by Crippen LogP contribution is -2.50. The zero-order valence-electron chi connectivity index (χ0n) is 15.2. The van der Waals surface area contributed by atoms with Gasteiger partial charge < -0.3 is 9.80 Å². The summed E-state index contributed by atoms with van der Waals surface area (Å²) in [4.78, 5) is 20.5. The fraction of sp³-hybridized carbons (Fsp3) is 0.263. The van der Waals surface area contributed by atoms with Gasteiger partial charge in [0.2, 0.25) is 5.91 Å². The highest BCUT2D eigenvalue weighted by Gasteiger charge is 2.27. The molecule has 4 rings (SSSR count). The molecule has 1 amide bonds. The highest BCUT2D eigenvalue weighted by molar-refractivity contribution is 7.92. The molecule has 0 spiro atoms. The van der Waals surface area contributed by atoms with Crippen LogP contribution in [0.2, 0.25) is 5.02 Å². The molecule has 6 nitrogen and oxygen atoms in total. The van der Waals surface area contributed by atoms with Gasteiger partial charge >= 0.3 is 0 Å². The summed E-state index contributed by atoms with van der Waals surface area (Å²) >= 11 is 7.19. The highest BCUT2D eigenvalue weighted by Crippen LogP contribution is 2.30. The Bertz CT molecular complexity index is 1160. The van der Waals surface area contributed by atoms with Crippen LogP contribution in [0.25, 0.3) is 10.2 Å². The number of anilines is 1. The Hall–Kier alpha value is -2.23. The molecule has 1 fully saturated rings. The number of hydrogen-bond donors (Lipinski definition) is 0. The van der Waals surface area contributed by atoms with E-state index in [1.54, 1.807) is 6.07 Å². The third-order valence-electron chi connectivity index (χ3n) is 4.75. The van der Waals surface area contributed by atoms with Gasteiger partial charge in [0, 0.05) is 31.2 Å². The van der Waals surface area contributed by atoms with Crippen LogP contribution in [0, 0.1) is 5.82 Å². The first-order valence-corrected chi connectivity index (χ1v) is 11.7. The smallest absolute Gasteiger partial charge is 0.238 e. The largest absolute Gasteiger partial charge is 0.345 e. The molecule has 1 aliphatic heterocycles. The summed E-state index contributed by atoms with van der Waals surface area (Å²) in [5, 5.41) is 1.13. The second-order valence-electron chi connectivity index (χ2n) is 6.66. The van der Waals surface area contributed by atoms with Crippen molar-refractivity contribution in [3.63, 3.8) is 0 Å². The van der Waals surface area contributed by atoms with E-state index in [2.05, 4.69) is 4.98 Å². The lowest BCUT2D eigenvalue weighted by molar-refractivity contribution is -0.128. The standard InChI is InChI=1S/C19H17ClFN3O3S2/c20-13-4-6-14(7-5-13)29(26,27)12-17(25)23-8-10-24(11-9-23)19-22-18-15(21)2-1-3-16(18)28-19/h1-7H,8-12H2. The minimum atomic E-state index is -3.73. The maximum atomic E-state index is 13.9. The highest BCUT2D eigenvalue weighted by atomic mass is 35.5. The van der Waals surface area contributed by atoms with Crippen LogP contribution in [0.5, 0.6) is 0 Å². The van der Waals surface area contributed by atoms with Crippen LogP contribution in [0.3, 0.4) is 0 Å². The molecule has 10 heteroatoms. The van der Waals surface area contributed by atoms with Crippen molar-refractivity contribution < 1.29 is 17.6 Å². The fourth-order valence-corrected chi connectivity index (χ4v) is 5.55. The normalized spacial score (nSPS) is 15.1. The fourth-order valence-electron chi connectivity index (χ4n) is 3.16. The van der Waals surface area contributed by atoms with Crippen LogP contribution in [0.1, 0.15) is 0 Å². The predicted octanol–water partition coefficient (Wildman–Crippen LogP) is 3.21. The minimum absolute atomic E-state index is 0.0744. The topological polar surface area (TPSA) is 70.6 Å². The molecule has 152 valence electrons. The molecule has 0 radical (unpaired) electrons. The number of nitrogens with zero attached hydrogens (tertiary/aromatic N) is 3. The van der Waals surface area contributed by atoms with Crippen LogP contribution in [0.15, 0.2) is 47.4 Å². The Labute approximate surface area is 176 Å². The number of fused-ring (bicyclic) bond motifs is 1. The molecule has 0 bridgehead atoms. The number of aromatic nitrogens is 1. The van der Waals surface area contributed by atoms with Gasteiger partial charge in [0.1, 0.15) is 17.1 Å². The van der Waals surface area contributed by atoms with E-state index in [1.165, 1.54) is 46.6 Å². The third kappa shape index (κ3) is 4.22. The Morgan fingerprint density at radius 1 is 1.10 bits per heavy atom. The first-order valence-electron chi connectivity index (χ1n) is 8.89. The molecule has 1 saturated heterocycles. The molecule has 3 aromatic rings. The van der Waals surface area contributed by atoms with Gasteiger partial charge in [-0.15, -0.1) is 0 Å². The molecule has 29 heavy (non-hydrogen) atoms. The number of rotatable bonds is 4. The molecule has 1 aromatic heterocycles. The van der Waals surface area contributed by atoms with Crippen LogP contribution in [-0.4, -0.2) is 56.1 Å². The van der Waals surface area contributed by atoms with Crippen molar-refractivity contribution in [1.29, 1.82) is 0 Å². The second-order valence-corrected chi connectivity index (χ2v) is 10.1. The number of halogens is 2. The molecular weight excluding hydrogens is 437 g/mol. The van der Waals surface area contributed by atoms with E-state index in [9.17, 15) is 17.6 Å². The van der Waals surface area contributed by atoms with E-state index in [4.69, 9.17) is 11.6 Å². The van der Waals surface area contributed by atoms with Gasteiger partial charge in [-0.05, 0) is 36.4 Å². The van der Waals surface area contributed by atoms with Crippen molar-refractivity contribution in [2.75, 3.05) is 36.8 Å². The van der Waals surface area contributed by atoms with Crippen LogP contribution in [-0.2, 0) is 14.6 Å². The Morgan fingerprint density at radius 2 is 1.79 bits per heavy atom. The Balaban J connectivity index is 1.40. The first-order chi connectivity index (χ1) is 13.8. The van der Waals surface area contributed by atoms with Crippen molar-refractivity contribution >= 4 is 54.0 Å². The summed E-state index contributed by atoms with van der Waals surface area (Å²) in [6, 6.07) is 10.6. The monoisotopic (exact) mass is 453 g/mol. The van der Waals surface area contributed by atoms with E-state index in [1.807, 2.05) is 11.0 Å². The van der Waals surface area contributed by atoms with Gasteiger partial charge in [-0.25, -0.2) is 17.8 Å². The number of carbonyl (C=O) groups is 1. The molecule has 0 aliphatic carbocycles. The summed E-state index contributed by atoms with van der Waals surface area (Å²) in [6.45, 7) is 1.78. The number of amides is 1. The van der Waals surface area contributed by atoms with E-state index < -0.39 is 21.5 Å². The van der Waals surface area contributed by atoms with Gasteiger partial charge in [-0.2, -0.15) is 0 Å². The summed E-state index contributed by atoms with van der Waals surface area (Å²) < 4.78 is 39.6. The molecule has 1 aliphatic rings. The van der Waals surface area contributed by atoms with E-state index in [0.717, 1.165) is 4.70 Å². The average Bonchev–Trinajstić information content (AvgIpc) is 3.14. The number of hydrogen-bond acceptors (Lipinski definition) is 6. The van der Waals surface area contributed by atoms with Crippen molar-refractivity contribution in [3.05, 3.63) is 53.3 Å². The van der Waals surface area contributed by atoms with Crippen molar-refractivity contribution in [2.24, 2.45) is 0 Å². The molecule has 0 N–H and O–H groups in total. The van der Waals surface area contributed by atoms with Crippen LogP contribution >= 0.6 is 22.9 Å². The number of benzene rings is 2. The molecule has 2 aromatic carbocycles. The second kappa shape index (κ2) is 7.89. The van der Waals surface area contributed by atoms with Gasteiger partial charge in [0.05, 0.1) is 9.60 Å². The van der Waals surface area contributed by atoms with Gasteiger partial charge in [-0.3, -0.25) is 4.79 Å². The molecule has 2 heterocycles. The van der Waals surface area contributed by atoms with Crippen LogP contribution in [0.4, 0.5) is 9.52 Å². The SMILES string of the molecule is O=C(CS(=O)(=O)c1ccc(Cl)cc1)N1CCN(c2nc3c(F)cccc3s2)CC1. The maximum Gasteiger partial charge on any atom is 0.238 e. The summed E-state index contributed by atoms with van der Waals surface area (Å²) in [6.07, 6.45) is 0. The number of carbonyl (C=O) groups excluding carboxylic acids is 1. The Morgan fingerprint density at radius 3 is 2.45 bits per heavy atom. The molecule has 0 saturated carbocycles. The maximum absolute atomic E-state index is 13.9. The quantitative estimate of drug-likeness (QED) is 0.606. The third-order valence-corrected chi connectivity index (χ3v) is 7.70. The molecule has 0 atom stereocenters. The lowest BCUT2D eigenvalue weighted by Gasteiger charge is -2.34. The van der Waals surface area contributed by atoms with Crippen molar-refractivity contribution in [2.45, 2.75) is 4.90 Å². The summed E-state index contributed by atoms with van der Waals surface area (Å²) in [5.74, 6) is -1.37. The average molecular weight is 454 g/mol. The van der Waals surface area contributed by atoms with Crippen molar-refractivity contribution in [1.82, 2.24) is 9.88 Å². The lowest BCUT2D eigenvalue weighted by atomic mass is 10.3. The van der Waals surface area contributed by atoms with Gasteiger partial charge in [-0.1, -0.05) is 29.0 Å². The zero-order valence-corrected chi connectivity index (χ0v) is 17.6. The Kier molecular flexibility index (Phi) is 5.46. The minimum Gasteiger partial charge on any atom is -0.345 e. The van der Waals surface area contributed by atoms with E-state index in [-0.39, 0.29) is 10.7 Å². The van der Waals surface area contributed by atoms with Gasteiger partial charge in [0.15, 0.2) is 15.0 Å². The first kappa shape index (κ1) is 20.1. The summed E-state index contributed by atoms with van der Waals surface area (Å²) in [7, 11) is -3.73. The number of piperazine rings is 1. The number of sulfone groups is 1. The van der Waals surface area contributed by atoms with Crippen LogP contribution < -0.4 is 4.90 Å². The molecule has 0 unspecified atom stereocenters. The number of thiazole rings is 1. The van der Waals surface area contributed by atoms with Crippen molar-refractivity contribution in [3.8, 4) is 0 Å². The zero-order chi connectivity index (χ0) is 20.6. The van der Waals surface area contributed by atoms with E-state index >= 15 is 0 Å². The van der Waals surface area contributed by atoms with E-state index in [0.29, 0.717) is 41.8 Å². The summed E-state index contributed by atoms with van der Waals surface area (Å²) in [5.41, 5.74) is 0.347. The van der Waals surface area contributed by atoms with Gasteiger partial charge in [0.25, 0.3) is 0 Å².